The number of piperidine rings is 1. The first kappa shape index (κ1) is 24.1. The van der Waals surface area contributed by atoms with Gasteiger partial charge in [-0.15, -0.1) is 0 Å². The van der Waals surface area contributed by atoms with Crippen LogP contribution in [-0.4, -0.2) is 35.3 Å². The fourth-order valence-corrected chi connectivity index (χ4v) is 7.24. The van der Waals surface area contributed by atoms with Gasteiger partial charge in [-0.25, -0.2) is 4.79 Å². The number of carbonyl (C=O) groups is 4. The Morgan fingerprint density at radius 2 is 1.26 bits per heavy atom. The van der Waals surface area contributed by atoms with Crippen LogP contribution in [0, 0.1) is 5.92 Å². The molecule has 192 valence electrons. The summed E-state index contributed by atoms with van der Waals surface area (Å²) < 4.78 is 0. The van der Waals surface area contributed by atoms with E-state index in [1.165, 1.54) is 0 Å². The average molecular weight is 509 g/mol. The zero-order valence-corrected chi connectivity index (χ0v) is 21.0. The quantitative estimate of drug-likeness (QED) is 0.395. The van der Waals surface area contributed by atoms with Gasteiger partial charge in [0.1, 0.15) is 0 Å². The Morgan fingerprint density at radius 1 is 0.763 bits per heavy atom. The van der Waals surface area contributed by atoms with Crippen LogP contribution in [0.4, 0.5) is 4.79 Å². The van der Waals surface area contributed by atoms with Crippen molar-refractivity contribution in [3.8, 4) is 0 Å². The van der Waals surface area contributed by atoms with Crippen molar-refractivity contribution >= 4 is 23.8 Å². The summed E-state index contributed by atoms with van der Waals surface area (Å²) in [6.07, 6.45) is 0. The number of urea groups is 1. The summed E-state index contributed by atoms with van der Waals surface area (Å²) in [5.74, 6) is -2.60. The Kier molecular flexibility index (Phi) is 5.29. The SMILES string of the molecule is CC(C)NC(=O)[C@@H]1[C@@]2(c3ccccc3)[C@@H](c3ccccc3)NC3(C(=O)NC(=O)NC3=O)[C@@]12c1ccccc1. The normalized spacial score (nSPS) is 29.0. The number of rotatable bonds is 5. The van der Waals surface area contributed by atoms with Crippen molar-refractivity contribution in [2.45, 2.75) is 42.3 Å². The molecule has 3 aromatic carbocycles. The molecule has 2 aliphatic heterocycles. The van der Waals surface area contributed by atoms with E-state index in [1.807, 2.05) is 105 Å². The first-order valence-electron chi connectivity index (χ1n) is 12.7. The molecular weight excluding hydrogens is 480 g/mol. The van der Waals surface area contributed by atoms with Crippen LogP contribution in [0.15, 0.2) is 91.0 Å². The minimum Gasteiger partial charge on any atom is -0.354 e. The molecule has 4 N–H and O–H groups in total. The lowest BCUT2D eigenvalue weighted by atomic mass is 9.69. The van der Waals surface area contributed by atoms with E-state index < -0.39 is 46.2 Å². The predicted molar refractivity (Wildman–Crippen MR) is 140 cm³/mol. The Labute approximate surface area is 220 Å². The molecule has 0 aromatic heterocycles. The van der Waals surface area contributed by atoms with Gasteiger partial charge in [-0.05, 0) is 30.5 Å². The summed E-state index contributed by atoms with van der Waals surface area (Å²) in [5.41, 5.74) is -2.02. The topological polar surface area (TPSA) is 116 Å². The molecule has 3 fully saturated rings. The summed E-state index contributed by atoms with van der Waals surface area (Å²) in [6, 6.07) is 26.7. The zero-order chi connectivity index (χ0) is 26.7. The number of barbiturate groups is 1. The number of imide groups is 2. The third kappa shape index (κ3) is 2.83. The zero-order valence-electron chi connectivity index (χ0n) is 21.0. The molecule has 8 heteroatoms. The highest BCUT2D eigenvalue weighted by Crippen LogP contribution is 2.82. The molecule has 6 rings (SSSR count). The Balaban J connectivity index is 1.75. The fraction of sp³-hybridized carbons (Fsp3) is 0.267. The molecule has 1 saturated carbocycles. The van der Waals surface area contributed by atoms with Crippen molar-refractivity contribution in [2.75, 3.05) is 0 Å². The van der Waals surface area contributed by atoms with Gasteiger partial charge < -0.3 is 5.32 Å². The number of hydrogen-bond donors (Lipinski definition) is 4. The largest absolute Gasteiger partial charge is 0.354 e. The van der Waals surface area contributed by atoms with Crippen molar-refractivity contribution < 1.29 is 19.2 Å². The van der Waals surface area contributed by atoms with Gasteiger partial charge in [0.2, 0.25) is 5.91 Å². The number of amides is 5. The van der Waals surface area contributed by atoms with E-state index in [0.717, 1.165) is 11.1 Å². The highest BCUT2D eigenvalue weighted by Gasteiger charge is 2.96. The predicted octanol–water partition coefficient (Wildman–Crippen LogP) is 2.47. The van der Waals surface area contributed by atoms with E-state index in [4.69, 9.17) is 0 Å². The Bertz CT molecular complexity index is 1420. The highest BCUT2D eigenvalue weighted by molar-refractivity contribution is 6.26. The van der Waals surface area contributed by atoms with Crippen LogP contribution >= 0.6 is 0 Å². The number of benzene rings is 3. The minimum absolute atomic E-state index is 0.167. The van der Waals surface area contributed by atoms with Crippen LogP contribution in [0.25, 0.3) is 0 Å². The Hall–Kier alpha value is -4.30. The molecule has 2 saturated heterocycles. The molecule has 3 aromatic rings. The summed E-state index contributed by atoms with van der Waals surface area (Å²) in [4.78, 5) is 54.5. The smallest absolute Gasteiger partial charge is 0.328 e. The van der Waals surface area contributed by atoms with Gasteiger partial charge in [-0.1, -0.05) is 91.0 Å². The van der Waals surface area contributed by atoms with E-state index in [-0.39, 0.29) is 11.9 Å². The van der Waals surface area contributed by atoms with Crippen LogP contribution in [0.1, 0.15) is 36.6 Å². The van der Waals surface area contributed by atoms with Crippen molar-refractivity contribution in [2.24, 2.45) is 5.92 Å². The second-order valence-electron chi connectivity index (χ2n) is 10.5. The maximum Gasteiger partial charge on any atom is 0.328 e. The summed E-state index contributed by atoms with van der Waals surface area (Å²) in [6.45, 7) is 3.75. The van der Waals surface area contributed by atoms with E-state index >= 15 is 0 Å². The molecule has 0 radical (unpaired) electrons. The maximum absolute atomic E-state index is 14.2. The minimum atomic E-state index is -1.95. The van der Waals surface area contributed by atoms with Crippen LogP contribution in [-0.2, 0) is 25.2 Å². The number of hydrogen-bond acceptors (Lipinski definition) is 5. The monoisotopic (exact) mass is 508 g/mol. The molecule has 4 atom stereocenters. The molecule has 0 unspecified atom stereocenters. The van der Waals surface area contributed by atoms with Crippen LogP contribution in [0.2, 0.25) is 0 Å². The van der Waals surface area contributed by atoms with Gasteiger partial charge >= 0.3 is 6.03 Å². The van der Waals surface area contributed by atoms with Crippen molar-refractivity contribution in [1.29, 1.82) is 0 Å². The van der Waals surface area contributed by atoms with Crippen LogP contribution in [0.5, 0.6) is 0 Å². The van der Waals surface area contributed by atoms with E-state index in [2.05, 4.69) is 21.3 Å². The number of nitrogens with one attached hydrogen (secondary N) is 4. The molecule has 5 amide bonds. The summed E-state index contributed by atoms with van der Waals surface area (Å²) in [7, 11) is 0. The molecule has 1 aliphatic carbocycles. The maximum atomic E-state index is 14.2. The van der Waals surface area contributed by atoms with Crippen LogP contribution < -0.4 is 21.3 Å². The summed E-state index contributed by atoms with van der Waals surface area (Å²) >= 11 is 0. The van der Waals surface area contributed by atoms with Gasteiger partial charge in [-0.2, -0.15) is 0 Å². The lowest BCUT2D eigenvalue weighted by Crippen LogP contribution is -2.76. The molecule has 0 bridgehead atoms. The van der Waals surface area contributed by atoms with Gasteiger partial charge in [-0.3, -0.25) is 30.3 Å². The average Bonchev–Trinajstić information content (AvgIpc) is 3.47. The summed E-state index contributed by atoms with van der Waals surface area (Å²) in [5, 5.41) is 11.1. The third-order valence-corrected chi connectivity index (χ3v) is 8.31. The fourth-order valence-electron chi connectivity index (χ4n) is 7.24. The lowest BCUT2D eigenvalue weighted by Gasteiger charge is -2.40. The van der Waals surface area contributed by atoms with Crippen LogP contribution in [0.3, 0.4) is 0 Å². The molecule has 3 aliphatic rings. The van der Waals surface area contributed by atoms with E-state index in [1.54, 1.807) is 0 Å². The molecular formula is C30H28N4O4. The Morgan fingerprint density at radius 3 is 1.79 bits per heavy atom. The number of fused-ring (bicyclic) bond motifs is 2. The highest BCUT2D eigenvalue weighted by atomic mass is 16.2. The standard InChI is InChI=1S/C30H28N4O4/c1-18(2)31-24(35)22-28(20-14-8-4-9-15-20)23(19-12-6-3-7-13-19)34-30(25(36)32-27(38)33-26(30)37)29(22,28)21-16-10-5-11-17-21/h3-18,22-23,34H,1-2H3,(H,31,35)(H2,32,33,36,37,38)/t22-,23-,28+,29+/m1/s1. The molecule has 8 nitrogen and oxygen atoms in total. The van der Waals surface area contributed by atoms with E-state index in [0.29, 0.717) is 5.56 Å². The van der Waals surface area contributed by atoms with Crippen molar-refractivity contribution in [1.82, 2.24) is 21.3 Å². The molecule has 1 spiro atoms. The first-order valence-corrected chi connectivity index (χ1v) is 12.7. The van der Waals surface area contributed by atoms with Gasteiger partial charge in [0.25, 0.3) is 11.8 Å². The second-order valence-corrected chi connectivity index (χ2v) is 10.5. The van der Waals surface area contributed by atoms with Gasteiger partial charge in [0, 0.05) is 17.5 Å². The van der Waals surface area contributed by atoms with Crippen molar-refractivity contribution in [3.63, 3.8) is 0 Å². The third-order valence-electron chi connectivity index (χ3n) is 8.31. The number of carbonyl (C=O) groups excluding carboxylic acids is 4. The first-order chi connectivity index (χ1) is 18.3. The molecule has 38 heavy (non-hydrogen) atoms. The van der Waals surface area contributed by atoms with Gasteiger partial charge in [0.15, 0.2) is 5.54 Å². The second kappa shape index (κ2) is 8.36. The molecule has 2 heterocycles. The van der Waals surface area contributed by atoms with E-state index in [9.17, 15) is 19.2 Å². The van der Waals surface area contributed by atoms with Gasteiger partial charge in [0.05, 0.1) is 11.3 Å². The lowest BCUT2D eigenvalue weighted by molar-refractivity contribution is -0.141. The van der Waals surface area contributed by atoms with Crippen molar-refractivity contribution in [3.05, 3.63) is 108 Å².